The van der Waals surface area contributed by atoms with Crippen LogP contribution >= 0.6 is 11.8 Å². The number of hydrogen-bond donors (Lipinski definition) is 1. The first-order valence-corrected chi connectivity index (χ1v) is 12.6. The average Bonchev–Trinajstić information content (AvgIpc) is 2.74. The van der Waals surface area contributed by atoms with Crippen LogP contribution in [0.5, 0.6) is 0 Å². The highest BCUT2D eigenvalue weighted by Crippen LogP contribution is 2.34. The molecule has 30 heavy (non-hydrogen) atoms. The molecular formula is C25H41FO3S. The van der Waals surface area contributed by atoms with E-state index in [1.807, 2.05) is 6.07 Å². The first kappa shape index (κ1) is 27.0. The van der Waals surface area contributed by atoms with Gasteiger partial charge in [-0.2, -0.15) is 0 Å². The molecule has 0 fully saturated rings. The second-order valence-electron chi connectivity index (χ2n) is 8.08. The molecule has 5 heteroatoms. The van der Waals surface area contributed by atoms with Crippen molar-refractivity contribution < 1.29 is 19.0 Å². The summed E-state index contributed by atoms with van der Waals surface area (Å²) in [5.41, 5.74) is 2.46. The first-order chi connectivity index (χ1) is 14.5. The van der Waals surface area contributed by atoms with Crippen molar-refractivity contribution in [1.29, 1.82) is 0 Å². The number of aryl methyl sites for hydroxylation is 1. The summed E-state index contributed by atoms with van der Waals surface area (Å²) < 4.78 is 17.3. The molecule has 0 bridgehead atoms. The molecule has 0 saturated heterocycles. The smallest absolute Gasteiger partial charge is 0.306 e. The summed E-state index contributed by atoms with van der Waals surface area (Å²) in [7, 11) is 1.38. The van der Waals surface area contributed by atoms with E-state index in [1.54, 1.807) is 0 Å². The van der Waals surface area contributed by atoms with Gasteiger partial charge >= 0.3 is 5.97 Å². The van der Waals surface area contributed by atoms with E-state index in [1.165, 1.54) is 69.4 Å². The number of aliphatic hydroxyl groups is 1. The van der Waals surface area contributed by atoms with Crippen molar-refractivity contribution in [2.24, 2.45) is 0 Å². The van der Waals surface area contributed by atoms with Crippen molar-refractivity contribution in [2.75, 3.05) is 19.5 Å². The van der Waals surface area contributed by atoms with Crippen molar-refractivity contribution in [3.63, 3.8) is 0 Å². The number of carbonyl (C=O) groups excluding carboxylic acids is 1. The van der Waals surface area contributed by atoms with Gasteiger partial charge in [0.05, 0.1) is 20.2 Å². The topological polar surface area (TPSA) is 46.5 Å². The fourth-order valence-electron chi connectivity index (χ4n) is 3.68. The highest BCUT2D eigenvalue weighted by molar-refractivity contribution is 8.00. The molecule has 0 radical (unpaired) electrons. The standard InChI is InChI=1S/C25H41FO3S/c1-3-4-5-6-7-8-9-14-22-15-10-11-16-23(22)21-25(28,18-12-13-19-26)30-20-17-24(27)29-2/h10-11,15-16,28H,3-9,12-14,17-21H2,1-2H3/t25-/m0/s1. The van der Waals surface area contributed by atoms with Crippen LogP contribution < -0.4 is 0 Å². The Balaban J connectivity index is 2.64. The van der Waals surface area contributed by atoms with E-state index >= 15 is 0 Å². The number of rotatable bonds is 18. The minimum atomic E-state index is -0.987. The molecule has 172 valence electrons. The zero-order valence-corrected chi connectivity index (χ0v) is 19.8. The van der Waals surface area contributed by atoms with Gasteiger partial charge in [0, 0.05) is 12.2 Å². The molecule has 1 N–H and O–H groups in total. The minimum absolute atomic E-state index is 0.270. The van der Waals surface area contributed by atoms with E-state index in [4.69, 9.17) is 4.74 Å². The summed E-state index contributed by atoms with van der Waals surface area (Å²) in [5.74, 6) is 0.228. The highest BCUT2D eigenvalue weighted by atomic mass is 32.2. The van der Waals surface area contributed by atoms with Crippen molar-refractivity contribution in [2.45, 2.75) is 95.3 Å². The number of ether oxygens (including phenoxy) is 1. The maximum Gasteiger partial charge on any atom is 0.306 e. The average molecular weight is 441 g/mol. The molecule has 0 unspecified atom stereocenters. The zero-order valence-electron chi connectivity index (χ0n) is 19.0. The lowest BCUT2D eigenvalue weighted by atomic mass is 9.95. The number of thioether (sulfide) groups is 1. The van der Waals surface area contributed by atoms with Gasteiger partial charge in [0.1, 0.15) is 4.93 Å². The zero-order chi connectivity index (χ0) is 22.1. The lowest BCUT2D eigenvalue weighted by Gasteiger charge is -2.29. The fourth-order valence-corrected chi connectivity index (χ4v) is 4.87. The van der Waals surface area contributed by atoms with Crippen LogP contribution in [0.2, 0.25) is 0 Å². The van der Waals surface area contributed by atoms with Gasteiger partial charge in [-0.1, -0.05) is 69.7 Å². The van der Waals surface area contributed by atoms with Gasteiger partial charge in [0.15, 0.2) is 0 Å². The third kappa shape index (κ3) is 11.9. The van der Waals surface area contributed by atoms with Crippen LogP contribution in [0.15, 0.2) is 24.3 Å². The van der Waals surface area contributed by atoms with Gasteiger partial charge in [0.2, 0.25) is 0 Å². The van der Waals surface area contributed by atoms with Crippen LogP contribution in [0.4, 0.5) is 4.39 Å². The van der Waals surface area contributed by atoms with Crippen LogP contribution in [0.1, 0.15) is 88.7 Å². The monoisotopic (exact) mass is 440 g/mol. The lowest BCUT2D eigenvalue weighted by Crippen LogP contribution is -2.29. The van der Waals surface area contributed by atoms with Gasteiger partial charge in [-0.05, 0) is 43.2 Å². The van der Waals surface area contributed by atoms with E-state index in [2.05, 4.69) is 25.1 Å². The Morgan fingerprint density at radius 3 is 2.37 bits per heavy atom. The molecule has 1 aromatic rings. The molecule has 0 aliphatic carbocycles. The third-order valence-corrected chi connectivity index (χ3v) is 6.78. The number of carbonyl (C=O) groups is 1. The number of alkyl halides is 1. The van der Waals surface area contributed by atoms with Crippen molar-refractivity contribution >= 4 is 17.7 Å². The van der Waals surface area contributed by atoms with Gasteiger partial charge in [-0.25, -0.2) is 0 Å². The number of halogens is 1. The molecular weight excluding hydrogens is 399 g/mol. The minimum Gasteiger partial charge on any atom is -0.469 e. The summed E-state index contributed by atoms with van der Waals surface area (Å²) in [6.45, 7) is 1.88. The molecule has 1 atom stereocenters. The van der Waals surface area contributed by atoms with Crippen LogP contribution in [0, 0.1) is 0 Å². The maximum atomic E-state index is 12.6. The van der Waals surface area contributed by atoms with E-state index < -0.39 is 4.93 Å². The number of hydrogen-bond acceptors (Lipinski definition) is 4. The quantitative estimate of drug-likeness (QED) is 0.158. The number of unbranched alkanes of at least 4 members (excludes halogenated alkanes) is 7. The molecule has 0 spiro atoms. The summed E-state index contributed by atoms with van der Waals surface area (Å²) in [4.78, 5) is 10.4. The second-order valence-corrected chi connectivity index (χ2v) is 9.54. The van der Waals surface area contributed by atoms with Crippen LogP contribution in [0.3, 0.4) is 0 Å². The van der Waals surface area contributed by atoms with Crippen LogP contribution in [-0.2, 0) is 22.4 Å². The van der Waals surface area contributed by atoms with Crippen molar-refractivity contribution in [3.8, 4) is 0 Å². The molecule has 0 aliphatic heterocycles. The van der Waals surface area contributed by atoms with Gasteiger partial charge < -0.3 is 9.84 Å². The second kappa shape index (κ2) is 16.6. The van der Waals surface area contributed by atoms with E-state index in [-0.39, 0.29) is 19.1 Å². The molecule has 0 aliphatic rings. The maximum absolute atomic E-state index is 12.6. The summed E-state index contributed by atoms with van der Waals surface area (Å²) >= 11 is 1.39. The Morgan fingerprint density at radius 2 is 1.70 bits per heavy atom. The van der Waals surface area contributed by atoms with Crippen molar-refractivity contribution in [3.05, 3.63) is 35.4 Å². The molecule has 0 aromatic heterocycles. The van der Waals surface area contributed by atoms with Gasteiger partial charge in [-0.3, -0.25) is 9.18 Å². The lowest BCUT2D eigenvalue weighted by molar-refractivity contribution is -0.140. The number of methoxy groups -OCH3 is 1. The molecule has 0 heterocycles. The van der Waals surface area contributed by atoms with E-state index in [0.717, 1.165) is 12.0 Å². The molecule has 1 aromatic carbocycles. The Kier molecular flexibility index (Phi) is 14.9. The van der Waals surface area contributed by atoms with E-state index in [0.29, 0.717) is 31.4 Å². The first-order valence-electron chi connectivity index (χ1n) is 11.6. The molecule has 1 rings (SSSR count). The highest BCUT2D eigenvalue weighted by Gasteiger charge is 2.28. The van der Waals surface area contributed by atoms with Crippen LogP contribution in [0.25, 0.3) is 0 Å². The Labute approximate surface area is 187 Å². The largest absolute Gasteiger partial charge is 0.469 e. The van der Waals surface area contributed by atoms with Crippen LogP contribution in [-0.4, -0.2) is 35.5 Å². The fraction of sp³-hybridized carbons (Fsp3) is 0.720. The third-order valence-electron chi connectivity index (χ3n) is 5.49. The molecule has 3 nitrogen and oxygen atoms in total. The molecule has 0 saturated carbocycles. The van der Waals surface area contributed by atoms with E-state index in [9.17, 15) is 14.3 Å². The summed E-state index contributed by atoms with van der Waals surface area (Å²) in [6.07, 6.45) is 12.4. The normalized spacial score (nSPS) is 13.2. The predicted octanol–water partition coefficient (Wildman–Crippen LogP) is 6.65. The summed E-state index contributed by atoms with van der Waals surface area (Å²) in [5, 5.41) is 11.3. The van der Waals surface area contributed by atoms with Gasteiger partial charge in [-0.15, -0.1) is 11.8 Å². The SMILES string of the molecule is CCCCCCCCCc1ccccc1C[C@](O)(CCCCF)SCCC(=O)OC. The Morgan fingerprint density at radius 1 is 1.03 bits per heavy atom. The number of esters is 1. The Hall–Kier alpha value is -1.07. The molecule has 0 amide bonds. The van der Waals surface area contributed by atoms with Gasteiger partial charge in [0.25, 0.3) is 0 Å². The number of benzene rings is 1. The summed E-state index contributed by atoms with van der Waals surface area (Å²) in [6, 6.07) is 8.34. The Bertz CT molecular complexity index is 581. The predicted molar refractivity (Wildman–Crippen MR) is 126 cm³/mol. The van der Waals surface area contributed by atoms with Crippen molar-refractivity contribution in [1.82, 2.24) is 0 Å².